The molecule has 2 N–H and O–H groups in total. The fraction of sp³-hybridized carbons (Fsp3) is 0.719. The number of methoxy groups -OCH3 is 1. The average molecular weight is 653 g/mol. The van der Waals surface area contributed by atoms with Crippen LogP contribution in [0.5, 0.6) is 0 Å². The fourth-order valence-corrected chi connectivity index (χ4v) is 7.33. The summed E-state index contributed by atoms with van der Waals surface area (Å²) in [5.74, 6) is -6.68. The lowest BCUT2D eigenvalue weighted by atomic mass is 9.51. The van der Waals surface area contributed by atoms with E-state index in [0.29, 0.717) is 5.57 Å². The molecule has 256 valence electrons. The molecule has 1 saturated carbocycles. The Balaban J connectivity index is 2.09. The van der Waals surface area contributed by atoms with Crippen LogP contribution in [0.25, 0.3) is 0 Å². The second kappa shape index (κ2) is 13.1. The van der Waals surface area contributed by atoms with Gasteiger partial charge in [0.15, 0.2) is 17.8 Å². The molecule has 0 bridgehead atoms. The van der Waals surface area contributed by atoms with Gasteiger partial charge in [0, 0.05) is 40.2 Å². The van der Waals surface area contributed by atoms with Crippen LogP contribution in [0, 0.1) is 23.2 Å². The molecular weight excluding hydrogens is 608 g/mol. The second-order valence-electron chi connectivity index (χ2n) is 13.2. The molecule has 2 saturated heterocycles. The number of carbonyl (C=O) groups is 5. The molecule has 3 fully saturated rings. The summed E-state index contributed by atoms with van der Waals surface area (Å²) < 4.78 is 40.4. The first kappa shape index (κ1) is 35.5. The van der Waals surface area contributed by atoms with Crippen LogP contribution in [0.4, 0.5) is 0 Å². The maximum Gasteiger partial charge on any atom is 0.312 e. The van der Waals surface area contributed by atoms with Crippen molar-refractivity contribution in [3.8, 4) is 0 Å². The molecule has 2 aliphatic heterocycles. The summed E-state index contributed by atoms with van der Waals surface area (Å²) in [7, 11) is 1.43. The summed E-state index contributed by atoms with van der Waals surface area (Å²) in [6.07, 6.45) is -4.82. The maximum atomic E-state index is 13.2. The number of aliphatic hydroxyl groups excluding tert-OH is 1. The lowest BCUT2D eigenvalue weighted by Gasteiger charge is -2.58. The van der Waals surface area contributed by atoms with Crippen LogP contribution < -0.4 is 0 Å². The molecule has 4 aliphatic rings. The normalized spacial score (nSPS) is 41.6. The number of carbonyl (C=O) groups excluding carboxylic acids is 5. The third-order valence-corrected chi connectivity index (χ3v) is 9.38. The standard InChI is InChI=1S/C32H44O14/c1-15(2)11-23(36)46-27-24(37)26(43-18(5)34)30(7)21(42-17(4)33)10-9-20(13-40-8)12-22-32(39,16(3)29(38)45-22)28(44-19(6)35)25(30)31(27)14-41-31/h9-10,12,15-16,21-22,24-28,37,39H,11,13-14H2,1-8H3/b10-9-,20-12+/t16-,21-,22-,24+,25+,26-,27+,28-,30+,31-,32-/m0/s1. The minimum Gasteiger partial charge on any atom is -0.459 e. The van der Waals surface area contributed by atoms with Gasteiger partial charge in [0.1, 0.15) is 30.0 Å². The molecule has 11 atom stereocenters. The van der Waals surface area contributed by atoms with Gasteiger partial charge < -0.3 is 43.4 Å². The average Bonchev–Trinajstić information content (AvgIpc) is 3.69. The van der Waals surface area contributed by atoms with Crippen LogP contribution in [0.1, 0.15) is 54.9 Å². The zero-order valence-electron chi connectivity index (χ0n) is 27.3. The first-order valence-corrected chi connectivity index (χ1v) is 15.3. The van der Waals surface area contributed by atoms with Gasteiger partial charge in [-0.15, -0.1) is 0 Å². The molecule has 0 aromatic rings. The molecule has 14 heteroatoms. The first-order valence-electron chi connectivity index (χ1n) is 15.3. The number of hydrogen-bond donors (Lipinski definition) is 2. The number of aliphatic hydroxyl groups is 2. The zero-order valence-corrected chi connectivity index (χ0v) is 27.3. The Morgan fingerprint density at radius 3 is 2.11 bits per heavy atom. The van der Waals surface area contributed by atoms with E-state index >= 15 is 0 Å². The summed E-state index contributed by atoms with van der Waals surface area (Å²) in [5.41, 5.74) is -5.35. The van der Waals surface area contributed by atoms with Crippen molar-refractivity contribution in [2.24, 2.45) is 23.2 Å². The Morgan fingerprint density at radius 1 is 1.00 bits per heavy atom. The van der Waals surface area contributed by atoms with Gasteiger partial charge in [-0.3, -0.25) is 24.0 Å². The molecule has 0 amide bonds. The van der Waals surface area contributed by atoms with E-state index < -0.39 is 94.9 Å². The molecule has 2 aliphatic carbocycles. The minimum atomic E-state index is -2.30. The molecule has 2 heterocycles. The van der Waals surface area contributed by atoms with Crippen molar-refractivity contribution in [1.82, 2.24) is 0 Å². The van der Waals surface area contributed by atoms with E-state index in [4.69, 9.17) is 33.2 Å². The number of hydrogen-bond acceptors (Lipinski definition) is 14. The van der Waals surface area contributed by atoms with E-state index in [1.165, 1.54) is 39.2 Å². The third kappa shape index (κ3) is 6.19. The second-order valence-corrected chi connectivity index (χ2v) is 13.2. The van der Waals surface area contributed by atoms with E-state index in [1.54, 1.807) is 13.8 Å². The molecule has 0 radical (unpaired) electrons. The summed E-state index contributed by atoms with van der Waals surface area (Å²) in [6.45, 7) is 9.72. The van der Waals surface area contributed by atoms with Gasteiger partial charge in [0.25, 0.3) is 0 Å². The Hall–Kier alpha value is -3.33. The highest BCUT2D eigenvalue weighted by Gasteiger charge is 2.80. The van der Waals surface area contributed by atoms with Crippen molar-refractivity contribution < 1.29 is 67.3 Å². The van der Waals surface area contributed by atoms with E-state index in [-0.39, 0.29) is 25.6 Å². The highest BCUT2D eigenvalue weighted by Crippen LogP contribution is 2.62. The van der Waals surface area contributed by atoms with Crippen LogP contribution >= 0.6 is 0 Å². The van der Waals surface area contributed by atoms with Crippen LogP contribution in [0.3, 0.4) is 0 Å². The predicted molar refractivity (Wildman–Crippen MR) is 155 cm³/mol. The number of esters is 5. The Kier molecular flexibility index (Phi) is 10.1. The summed E-state index contributed by atoms with van der Waals surface area (Å²) in [6, 6.07) is 0. The number of fused-ring (bicyclic) bond motifs is 3. The lowest BCUT2D eigenvalue weighted by molar-refractivity contribution is -0.276. The van der Waals surface area contributed by atoms with E-state index in [2.05, 4.69) is 0 Å². The minimum absolute atomic E-state index is 0.0237. The van der Waals surface area contributed by atoms with E-state index in [9.17, 15) is 34.2 Å². The number of epoxide rings is 1. The van der Waals surface area contributed by atoms with Gasteiger partial charge >= 0.3 is 29.8 Å². The van der Waals surface area contributed by atoms with Gasteiger partial charge in [0.05, 0.1) is 24.5 Å². The van der Waals surface area contributed by atoms with E-state index in [1.807, 2.05) is 0 Å². The van der Waals surface area contributed by atoms with Crippen molar-refractivity contribution in [2.75, 3.05) is 20.3 Å². The quantitative estimate of drug-likeness (QED) is 0.214. The molecule has 4 rings (SSSR count). The van der Waals surface area contributed by atoms with Gasteiger partial charge in [-0.05, 0) is 30.6 Å². The largest absolute Gasteiger partial charge is 0.459 e. The first-order chi connectivity index (χ1) is 21.4. The van der Waals surface area contributed by atoms with Crippen LogP contribution in [-0.4, -0.2) is 108 Å². The summed E-state index contributed by atoms with van der Waals surface area (Å²) >= 11 is 0. The molecule has 0 unspecified atom stereocenters. The number of rotatable bonds is 8. The van der Waals surface area contributed by atoms with Gasteiger partial charge in [-0.25, -0.2) is 0 Å². The van der Waals surface area contributed by atoms with Gasteiger partial charge in [-0.1, -0.05) is 26.8 Å². The topological polar surface area (TPSA) is 194 Å². The van der Waals surface area contributed by atoms with Crippen molar-refractivity contribution in [1.29, 1.82) is 0 Å². The molecular formula is C32H44O14. The number of ether oxygens (including phenoxy) is 7. The van der Waals surface area contributed by atoms with Crippen molar-refractivity contribution in [2.45, 2.75) is 103 Å². The van der Waals surface area contributed by atoms with Crippen LogP contribution in [0.15, 0.2) is 23.8 Å². The molecule has 0 aromatic carbocycles. The van der Waals surface area contributed by atoms with Crippen molar-refractivity contribution in [3.63, 3.8) is 0 Å². The smallest absolute Gasteiger partial charge is 0.312 e. The Morgan fingerprint density at radius 2 is 1.59 bits per heavy atom. The highest BCUT2D eigenvalue weighted by atomic mass is 16.7. The zero-order chi connectivity index (χ0) is 34.4. The van der Waals surface area contributed by atoms with Crippen LogP contribution in [-0.2, 0) is 57.1 Å². The monoisotopic (exact) mass is 652 g/mol. The van der Waals surface area contributed by atoms with Crippen molar-refractivity contribution >= 4 is 29.8 Å². The van der Waals surface area contributed by atoms with E-state index in [0.717, 1.165) is 20.8 Å². The molecule has 14 nitrogen and oxygen atoms in total. The SMILES string of the molecule is COCC1=C/[C@@H]2OC(=O)[C@H](C)[C@@]2(O)[C@@H](OC(C)=O)[C@H]2[C@@]3(CO3)[C@H](OC(=O)CC(C)C)[C@H](O)[C@H](OC(C)=O)[C@]2(C)[C@@H](OC(C)=O)/C=C\1. The highest BCUT2D eigenvalue weighted by molar-refractivity contribution is 5.78. The summed E-state index contributed by atoms with van der Waals surface area (Å²) in [5, 5.41) is 24.6. The molecule has 0 aromatic heterocycles. The third-order valence-electron chi connectivity index (χ3n) is 9.38. The molecule has 1 spiro atoms. The van der Waals surface area contributed by atoms with Gasteiger partial charge in [0.2, 0.25) is 0 Å². The maximum absolute atomic E-state index is 13.2. The fourth-order valence-electron chi connectivity index (χ4n) is 7.33. The van der Waals surface area contributed by atoms with Crippen molar-refractivity contribution in [3.05, 3.63) is 23.8 Å². The lowest BCUT2D eigenvalue weighted by Crippen LogP contribution is -2.75. The Labute approximate surface area is 267 Å². The summed E-state index contributed by atoms with van der Waals surface area (Å²) in [4.78, 5) is 64.4. The van der Waals surface area contributed by atoms with Gasteiger partial charge in [-0.2, -0.15) is 0 Å². The predicted octanol–water partition coefficient (Wildman–Crippen LogP) is 0.941. The van der Waals surface area contributed by atoms with Crippen LogP contribution in [0.2, 0.25) is 0 Å². The Bertz CT molecular complexity index is 1300. The molecule has 46 heavy (non-hydrogen) atoms.